The molecule has 0 N–H and O–H groups in total. The zero-order valence-electron chi connectivity index (χ0n) is 8.00. The molecule has 74 valence electrons. The summed E-state index contributed by atoms with van der Waals surface area (Å²) in [7, 11) is 0. The van der Waals surface area contributed by atoms with Crippen molar-refractivity contribution in [1.82, 2.24) is 0 Å². The summed E-state index contributed by atoms with van der Waals surface area (Å²) >= 11 is 5.48. The highest BCUT2D eigenvalue weighted by molar-refractivity contribution is 6.30. The molecule has 1 fully saturated rings. The van der Waals surface area contributed by atoms with E-state index in [-0.39, 0.29) is 11.7 Å². The molecule has 0 radical (unpaired) electrons. The van der Waals surface area contributed by atoms with Crippen molar-refractivity contribution >= 4 is 17.4 Å². The molecule has 1 aromatic rings. The van der Waals surface area contributed by atoms with Crippen molar-refractivity contribution in [3.05, 3.63) is 35.4 Å². The van der Waals surface area contributed by atoms with Crippen LogP contribution < -0.4 is 0 Å². The summed E-state index contributed by atoms with van der Waals surface area (Å²) < 4.78 is 0. The highest BCUT2D eigenvalue weighted by Crippen LogP contribution is 2.36. The zero-order valence-corrected chi connectivity index (χ0v) is 8.76. The van der Waals surface area contributed by atoms with Gasteiger partial charge in [0.05, 0.1) is 5.88 Å². The van der Waals surface area contributed by atoms with E-state index >= 15 is 0 Å². The van der Waals surface area contributed by atoms with E-state index in [2.05, 4.69) is 12.1 Å². The van der Waals surface area contributed by atoms with E-state index in [9.17, 15) is 4.79 Å². The fraction of sp³-hybridized carbons (Fsp3) is 0.417. The number of carbonyl (C=O) groups excluding carboxylic acids is 1. The highest BCUT2D eigenvalue weighted by Gasteiger charge is 2.19. The van der Waals surface area contributed by atoms with Gasteiger partial charge in [0, 0.05) is 5.56 Å². The summed E-state index contributed by atoms with van der Waals surface area (Å²) in [6.07, 6.45) is 3.93. The van der Waals surface area contributed by atoms with E-state index in [0.717, 1.165) is 11.5 Å². The molecule has 1 aromatic carbocycles. The molecule has 1 aliphatic rings. The van der Waals surface area contributed by atoms with Gasteiger partial charge >= 0.3 is 0 Å². The monoisotopic (exact) mass is 208 g/mol. The lowest BCUT2D eigenvalue weighted by Crippen LogP contribution is -2.09. The lowest BCUT2D eigenvalue weighted by molar-refractivity contribution is 0.102. The summed E-state index contributed by atoms with van der Waals surface area (Å²) in [6, 6.07) is 7.89. The van der Waals surface area contributed by atoms with E-state index < -0.39 is 0 Å². The first-order valence-corrected chi connectivity index (χ1v) is 5.54. The van der Waals surface area contributed by atoms with Gasteiger partial charge < -0.3 is 0 Å². The van der Waals surface area contributed by atoms with Crippen LogP contribution in [0.15, 0.2) is 24.3 Å². The Morgan fingerprint density at radius 3 is 2.36 bits per heavy atom. The Morgan fingerprint density at radius 1 is 1.29 bits per heavy atom. The fourth-order valence-corrected chi connectivity index (χ4v) is 1.91. The molecule has 0 spiro atoms. The molecular formula is C12H13ClO. The third-order valence-electron chi connectivity index (χ3n) is 2.93. The van der Waals surface area contributed by atoms with Gasteiger partial charge in [-0.05, 0) is 24.3 Å². The molecule has 1 aliphatic carbocycles. The SMILES string of the molecule is O=C(CCl)c1ccc(C2CCC2)cc1. The first-order chi connectivity index (χ1) is 6.81. The van der Waals surface area contributed by atoms with Crippen LogP contribution in [0.3, 0.4) is 0 Å². The molecule has 0 aliphatic heterocycles. The molecule has 0 amide bonds. The molecule has 2 heteroatoms. The van der Waals surface area contributed by atoms with Crippen LogP contribution in [0.5, 0.6) is 0 Å². The largest absolute Gasteiger partial charge is 0.293 e. The average Bonchev–Trinajstić information content (AvgIpc) is 2.15. The van der Waals surface area contributed by atoms with E-state index in [4.69, 9.17) is 11.6 Å². The van der Waals surface area contributed by atoms with Gasteiger partial charge in [0.1, 0.15) is 0 Å². The summed E-state index contributed by atoms with van der Waals surface area (Å²) in [5.74, 6) is 0.810. The van der Waals surface area contributed by atoms with Gasteiger partial charge in [0.25, 0.3) is 0 Å². The van der Waals surface area contributed by atoms with Crippen LogP contribution >= 0.6 is 11.6 Å². The number of benzene rings is 1. The Labute approximate surface area is 89.1 Å². The molecule has 0 atom stereocenters. The maximum Gasteiger partial charge on any atom is 0.177 e. The van der Waals surface area contributed by atoms with Gasteiger partial charge in [-0.25, -0.2) is 0 Å². The van der Waals surface area contributed by atoms with Crippen molar-refractivity contribution in [2.45, 2.75) is 25.2 Å². The maximum atomic E-state index is 11.2. The second kappa shape index (κ2) is 4.14. The number of alkyl halides is 1. The number of hydrogen-bond donors (Lipinski definition) is 0. The lowest BCUT2D eigenvalue weighted by Gasteiger charge is -2.25. The first-order valence-electron chi connectivity index (χ1n) is 5.00. The minimum Gasteiger partial charge on any atom is -0.293 e. The van der Waals surface area contributed by atoms with Crippen molar-refractivity contribution in [2.24, 2.45) is 0 Å². The number of Topliss-reactive ketones (excluding diaryl/α,β-unsaturated/α-hetero) is 1. The molecule has 0 aromatic heterocycles. The predicted octanol–water partition coefficient (Wildman–Crippen LogP) is 3.38. The van der Waals surface area contributed by atoms with Gasteiger partial charge in [0.15, 0.2) is 5.78 Å². The van der Waals surface area contributed by atoms with Crippen molar-refractivity contribution in [3.8, 4) is 0 Å². The molecule has 1 saturated carbocycles. The van der Waals surface area contributed by atoms with Crippen LogP contribution in [-0.4, -0.2) is 11.7 Å². The van der Waals surface area contributed by atoms with Gasteiger partial charge in [-0.15, -0.1) is 11.6 Å². The third kappa shape index (κ3) is 1.83. The summed E-state index contributed by atoms with van der Waals surface area (Å²) in [6.45, 7) is 0. The minimum atomic E-state index is 0.00632. The third-order valence-corrected chi connectivity index (χ3v) is 3.17. The average molecular weight is 209 g/mol. The van der Waals surface area contributed by atoms with Crippen LogP contribution in [0.4, 0.5) is 0 Å². The maximum absolute atomic E-state index is 11.2. The van der Waals surface area contributed by atoms with E-state index in [1.807, 2.05) is 12.1 Å². The predicted molar refractivity (Wildman–Crippen MR) is 58.1 cm³/mol. The molecule has 0 heterocycles. The number of rotatable bonds is 3. The van der Waals surface area contributed by atoms with Gasteiger partial charge in [0.2, 0.25) is 0 Å². The number of carbonyl (C=O) groups is 1. The quantitative estimate of drug-likeness (QED) is 0.550. The summed E-state index contributed by atoms with van der Waals surface area (Å²) in [5, 5.41) is 0. The second-order valence-electron chi connectivity index (χ2n) is 3.81. The van der Waals surface area contributed by atoms with E-state index in [1.54, 1.807) is 0 Å². The Balaban J connectivity index is 2.13. The van der Waals surface area contributed by atoms with E-state index in [0.29, 0.717) is 0 Å². The Kier molecular flexibility index (Phi) is 2.87. The molecule has 1 nitrogen and oxygen atoms in total. The van der Waals surface area contributed by atoms with Crippen LogP contribution in [-0.2, 0) is 0 Å². The lowest BCUT2D eigenvalue weighted by atomic mass is 9.80. The van der Waals surface area contributed by atoms with Crippen molar-refractivity contribution < 1.29 is 4.79 Å². The standard InChI is InChI=1S/C12H13ClO/c13-8-12(14)11-6-4-10(5-7-11)9-2-1-3-9/h4-7,9H,1-3,8H2. The number of hydrogen-bond acceptors (Lipinski definition) is 1. The topological polar surface area (TPSA) is 17.1 Å². The molecule has 0 bridgehead atoms. The molecule has 2 rings (SSSR count). The first kappa shape index (κ1) is 9.72. The molecule has 0 saturated heterocycles. The molecule has 14 heavy (non-hydrogen) atoms. The van der Waals surface area contributed by atoms with Gasteiger partial charge in [-0.1, -0.05) is 30.7 Å². The number of halogens is 1. The Hall–Kier alpha value is -0.820. The molecule has 0 unspecified atom stereocenters. The summed E-state index contributed by atoms with van der Waals surface area (Å²) in [4.78, 5) is 11.2. The zero-order chi connectivity index (χ0) is 9.97. The normalized spacial score (nSPS) is 16.4. The fourth-order valence-electron chi connectivity index (χ4n) is 1.76. The Morgan fingerprint density at radius 2 is 1.93 bits per heavy atom. The van der Waals surface area contributed by atoms with Crippen LogP contribution in [0.1, 0.15) is 41.1 Å². The van der Waals surface area contributed by atoms with Crippen LogP contribution in [0.25, 0.3) is 0 Å². The van der Waals surface area contributed by atoms with Crippen molar-refractivity contribution in [2.75, 3.05) is 5.88 Å². The van der Waals surface area contributed by atoms with Crippen molar-refractivity contribution in [1.29, 1.82) is 0 Å². The minimum absolute atomic E-state index is 0.00632. The smallest absolute Gasteiger partial charge is 0.177 e. The van der Waals surface area contributed by atoms with Gasteiger partial charge in [-0.3, -0.25) is 4.79 Å². The number of ketones is 1. The van der Waals surface area contributed by atoms with E-state index in [1.165, 1.54) is 24.8 Å². The summed E-state index contributed by atoms with van der Waals surface area (Å²) in [5.41, 5.74) is 2.09. The highest BCUT2D eigenvalue weighted by atomic mass is 35.5. The van der Waals surface area contributed by atoms with Crippen molar-refractivity contribution in [3.63, 3.8) is 0 Å². The molecular weight excluding hydrogens is 196 g/mol. The van der Waals surface area contributed by atoms with Gasteiger partial charge in [-0.2, -0.15) is 0 Å². The van der Waals surface area contributed by atoms with Crippen LogP contribution in [0, 0.1) is 0 Å². The van der Waals surface area contributed by atoms with Crippen LogP contribution in [0.2, 0.25) is 0 Å². The Bertz CT molecular complexity index is 325. The second-order valence-corrected chi connectivity index (χ2v) is 4.07.